The third-order valence-corrected chi connectivity index (χ3v) is 4.65. The molecule has 0 unspecified atom stereocenters. The second-order valence-electron chi connectivity index (χ2n) is 6.89. The highest BCUT2D eigenvalue weighted by Crippen LogP contribution is 2.24. The van der Waals surface area contributed by atoms with Crippen molar-refractivity contribution in [3.8, 4) is 17.3 Å². The van der Waals surface area contributed by atoms with Crippen LogP contribution in [0.3, 0.4) is 0 Å². The molecular formula is C23H17F3N4O3. The number of amides is 1. The summed E-state index contributed by atoms with van der Waals surface area (Å²) in [7, 11) is 0. The molecule has 168 valence electrons. The Morgan fingerprint density at radius 2 is 1.91 bits per heavy atom. The van der Waals surface area contributed by atoms with Crippen molar-refractivity contribution in [1.82, 2.24) is 15.3 Å². The highest BCUT2D eigenvalue weighted by atomic mass is 19.4. The van der Waals surface area contributed by atoms with Crippen LogP contribution in [-0.2, 0) is 11.2 Å². The van der Waals surface area contributed by atoms with Crippen LogP contribution in [0.4, 0.5) is 13.2 Å². The molecular weight excluding hydrogens is 437 g/mol. The Bertz CT molecular complexity index is 1260. The number of nitriles is 1. The standard InChI is InChI=1S/C21H16N4O.C2HF3O2/c22-13-16-4-2-1-3-14(16)5-6-17-11-15(7-9-23-17)20-12-18-19(25-20)8-10-24-21(18)26;3-2(4,5)1(6)7/h1-7,9,11-12,25H,8,10H2,(H,24,26);(H,6,7). The number of fused-ring (bicyclic) bond motifs is 1. The summed E-state index contributed by atoms with van der Waals surface area (Å²) in [5.74, 6) is -2.79. The molecule has 0 saturated carbocycles. The number of rotatable bonds is 3. The van der Waals surface area contributed by atoms with Gasteiger partial charge in [-0.2, -0.15) is 18.4 Å². The van der Waals surface area contributed by atoms with E-state index in [1.807, 2.05) is 48.6 Å². The van der Waals surface area contributed by atoms with Gasteiger partial charge in [-0.15, -0.1) is 0 Å². The molecule has 4 rings (SSSR count). The summed E-state index contributed by atoms with van der Waals surface area (Å²) in [6, 6.07) is 15.4. The molecule has 0 aliphatic carbocycles. The average Bonchev–Trinajstić information content (AvgIpc) is 3.24. The molecule has 3 heterocycles. The number of pyridine rings is 1. The summed E-state index contributed by atoms with van der Waals surface area (Å²) in [4.78, 5) is 28.5. The number of hydrogen-bond acceptors (Lipinski definition) is 4. The molecule has 10 heteroatoms. The summed E-state index contributed by atoms with van der Waals surface area (Å²) in [5, 5.41) is 19.2. The van der Waals surface area contributed by atoms with E-state index in [4.69, 9.17) is 9.90 Å². The fourth-order valence-electron chi connectivity index (χ4n) is 3.08. The molecule has 0 radical (unpaired) electrons. The summed E-state index contributed by atoms with van der Waals surface area (Å²) in [6.07, 6.45) is 1.24. The zero-order valence-electron chi connectivity index (χ0n) is 17.0. The molecule has 0 atom stereocenters. The molecule has 1 aliphatic heterocycles. The van der Waals surface area contributed by atoms with Crippen molar-refractivity contribution in [2.45, 2.75) is 12.6 Å². The Morgan fingerprint density at radius 3 is 2.58 bits per heavy atom. The average molecular weight is 454 g/mol. The number of carbonyl (C=O) groups excluding carboxylic acids is 1. The number of aromatic nitrogens is 2. The zero-order chi connectivity index (χ0) is 24.0. The lowest BCUT2D eigenvalue weighted by Crippen LogP contribution is -2.31. The maximum Gasteiger partial charge on any atom is 0.490 e. The molecule has 1 aromatic carbocycles. The van der Waals surface area contributed by atoms with Gasteiger partial charge in [0.25, 0.3) is 5.91 Å². The topological polar surface area (TPSA) is 119 Å². The van der Waals surface area contributed by atoms with E-state index in [1.165, 1.54) is 0 Å². The molecule has 0 fully saturated rings. The largest absolute Gasteiger partial charge is 0.490 e. The van der Waals surface area contributed by atoms with E-state index in [1.54, 1.807) is 12.3 Å². The zero-order valence-corrected chi connectivity index (χ0v) is 17.0. The van der Waals surface area contributed by atoms with Gasteiger partial charge in [-0.1, -0.05) is 24.3 Å². The molecule has 2 aromatic heterocycles. The van der Waals surface area contributed by atoms with Crippen molar-refractivity contribution in [2.75, 3.05) is 6.54 Å². The molecule has 0 spiro atoms. The van der Waals surface area contributed by atoms with Gasteiger partial charge in [-0.3, -0.25) is 9.78 Å². The monoisotopic (exact) mass is 454 g/mol. The Balaban J connectivity index is 0.000000383. The number of alkyl halides is 3. The van der Waals surface area contributed by atoms with Crippen molar-refractivity contribution in [3.63, 3.8) is 0 Å². The predicted molar refractivity (Wildman–Crippen MR) is 114 cm³/mol. The number of carboxylic acid groups (broad SMARTS) is 1. The number of carboxylic acids is 1. The molecule has 1 amide bonds. The fourth-order valence-corrected chi connectivity index (χ4v) is 3.08. The van der Waals surface area contributed by atoms with Gasteiger partial charge in [0.15, 0.2) is 0 Å². The number of nitrogens with one attached hydrogen (secondary N) is 2. The van der Waals surface area contributed by atoms with E-state index >= 15 is 0 Å². The van der Waals surface area contributed by atoms with E-state index in [-0.39, 0.29) is 5.91 Å². The number of halogens is 3. The number of hydrogen-bond donors (Lipinski definition) is 3. The Hall–Kier alpha value is -4.39. The second kappa shape index (κ2) is 9.82. The first-order chi connectivity index (χ1) is 15.7. The van der Waals surface area contributed by atoms with Crippen LogP contribution in [0.15, 0.2) is 48.7 Å². The van der Waals surface area contributed by atoms with Gasteiger partial charge >= 0.3 is 12.1 Å². The van der Waals surface area contributed by atoms with Crippen LogP contribution in [0.2, 0.25) is 0 Å². The van der Waals surface area contributed by atoms with Gasteiger partial charge in [-0.05, 0) is 35.9 Å². The Morgan fingerprint density at radius 1 is 1.18 bits per heavy atom. The Labute approximate surface area is 186 Å². The summed E-state index contributed by atoms with van der Waals surface area (Å²) < 4.78 is 31.7. The number of H-pyrrole nitrogens is 1. The van der Waals surface area contributed by atoms with Crippen LogP contribution < -0.4 is 5.32 Å². The molecule has 3 N–H and O–H groups in total. The number of carbonyl (C=O) groups is 2. The molecule has 3 aromatic rings. The van der Waals surface area contributed by atoms with Crippen LogP contribution in [0.25, 0.3) is 23.4 Å². The van der Waals surface area contributed by atoms with Crippen molar-refractivity contribution in [3.05, 3.63) is 76.7 Å². The molecule has 7 nitrogen and oxygen atoms in total. The van der Waals surface area contributed by atoms with Crippen LogP contribution in [0, 0.1) is 11.3 Å². The number of nitrogens with zero attached hydrogens (tertiary/aromatic N) is 2. The maximum atomic E-state index is 11.9. The minimum Gasteiger partial charge on any atom is -0.475 e. The predicted octanol–water partition coefficient (Wildman–Crippen LogP) is 4.04. The van der Waals surface area contributed by atoms with E-state index < -0.39 is 12.1 Å². The summed E-state index contributed by atoms with van der Waals surface area (Å²) in [5.41, 5.74) is 5.82. The number of aromatic amines is 1. The first-order valence-electron chi connectivity index (χ1n) is 9.63. The lowest BCUT2D eigenvalue weighted by atomic mass is 10.1. The third-order valence-electron chi connectivity index (χ3n) is 4.65. The number of aliphatic carboxylic acids is 1. The summed E-state index contributed by atoms with van der Waals surface area (Å²) >= 11 is 0. The van der Waals surface area contributed by atoms with Crippen molar-refractivity contribution >= 4 is 24.0 Å². The van der Waals surface area contributed by atoms with Crippen LogP contribution in [-0.4, -0.2) is 39.7 Å². The first kappa shape index (κ1) is 23.3. The minimum atomic E-state index is -5.08. The van der Waals surface area contributed by atoms with Crippen molar-refractivity contribution in [2.24, 2.45) is 0 Å². The van der Waals surface area contributed by atoms with Gasteiger partial charge in [0.05, 0.1) is 22.9 Å². The van der Waals surface area contributed by atoms with Crippen LogP contribution >= 0.6 is 0 Å². The van der Waals surface area contributed by atoms with Crippen molar-refractivity contribution in [1.29, 1.82) is 5.26 Å². The van der Waals surface area contributed by atoms with E-state index in [2.05, 4.69) is 21.4 Å². The maximum absolute atomic E-state index is 11.9. The van der Waals surface area contributed by atoms with Crippen LogP contribution in [0.5, 0.6) is 0 Å². The quantitative estimate of drug-likeness (QED) is 0.552. The van der Waals surface area contributed by atoms with Crippen molar-refractivity contribution < 1.29 is 27.9 Å². The first-order valence-corrected chi connectivity index (χ1v) is 9.63. The van der Waals surface area contributed by atoms with Gasteiger partial charge in [-0.25, -0.2) is 4.79 Å². The highest BCUT2D eigenvalue weighted by Gasteiger charge is 2.38. The van der Waals surface area contributed by atoms with E-state index in [0.717, 1.165) is 34.6 Å². The van der Waals surface area contributed by atoms with Crippen LogP contribution in [0.1, 0.15) is 32.9 Å². The highest BCUT2D eigenvalue weighted by molar-refractivity contribution is 5.97. The SMILES string of the molecule is N#Cc1ccccc1C=Cc1cc(-c2cc3c([nH]2)CCNC3=O)ccn1.O=C(O)C(F)(F)F. The molecule has 0 bridgehead atoms. The van der Waals surface area contributed by atoms with Gasteiger partial charge in [0, 0.05) is 36.1 Å². The number of benzene rings is 1. The smallest absolute Gasteiger partial charge is 0.475 e. The minimum absolute atomic E-state index is 0.0314. The normalized spacial score (nSPS) is 12.8. The van der Waals surface area contributed by atoms with Gasteiger partial charge in [0.1, 0.15) is 0 Å². The second-order valence-corrected chi connectivity index (χ2v) is 6.89. The lowest BCUT2D eigenvalue weighted by molar-refractivity contribution is -0.192. The summed E-state index contributed by atoms with van der Waals surface area (Å²) in [6.45, 7) is 0.661. The van der Waals surface area contributed by atoms with Gasteiger partial charge in [0.2, 0.25) is 0 Å². The Kier molecular flexibility index (Phi) is 6.93. The lowest BCUT2D eigenvalue weighted by Gasteiger charge is -2.10. The molecule has 0 saturated heterocycles. The van der Waals surface area contributed by atoms with E-state index in [9.17, 15) is 23.2 Å². The third kappa shape index (κ3) is 5.86. The fraction of sp³-hybridized carbons (Fsp3) is 0.130. The van der Waals surface area contributed by atoms with E-state index in [0.29, 0.717) is 17.7 Å². The molecule has 33 heavy (non-hydrogen) atoms. The molecule has 1 aliphatic rings. The van der Waals surface area contributed by atoms with Gasteiger partial charge < -0.3 is 15.4 Å².